The van der Waals surface area contributed by atoms with E-state index in [1.165, 1.54) is 109 Å². The molecule has 3 aromatic carbocycles. The van der Waals surface area contributed by atoms with Gasteiger partial charge in [0.25, 0.3) is 0 Å². The summed E-state index contributed by atoms with van der Waals surface area (Å²) in [6.07, 6.45) is 18.4. The Bertz CT molecular complexity index is 1400. The van der Waals surface area contributed by atoms with Crippen molar-refractivity contribution in [3.05, 3.63) is 94.1 Å². The van der Waals surface area contributed by atoms with Gasteiger partial charge in [-0.1, -0.05) is 6.92 Å². The van der Waals surface area contributed by atoms with E-state index in [2.05, 4.69) is 122 Å². The van der Waals surface area contributed by atoms with Crippen LogP contribution in [0, 0.1) is 0 Å². The number of allylic oxidation sites excluding steroid dienone is 1. The molecule has 0 aliphatic carbocycles. The average molecular weight is 731 g/mol. The monoisotopic (exact) mass is 728 g/mol. The third-order valence-corrected chi connectivity index (χ3v) is 11.5. The van der Waals surface area contributed by atoms with Crippen molar-refractivity contribution in [1.29, 1.82) is 0 Å². The Kier molecular flexibility index (Phi) is 17.7. The van der Waals surface area contributed by atoms with Crippen molar-refractivity contribution >= 4 is 30.2 Å². The Balaban J connectivity index is 2.10. The molecule has 0 fully saturated rings. The molecule has 0 saturated heterocycles. The fourth-order valence-electron chi connectivity index (χ4n) is 6.61. The van der Waals surface area contributed by atoms with Crippen molar-refractivity contribution in [2.75, 3.05) is 0 Å². The number of rotatable bonds is 20. The fraction of sp³-hybridized carbons (Fsp3) is 0.512. The van der Waals surface area contributed by atoms with Crippen LogP contribution >= 0.6 is 14.2 Å². The first-order chi connectivity index (χ1) is 22.4. The molecule has 0 N–H and O–H groups in total. The van der Waals surface area contributed by atoms with Gasteiger partial charge < -0.3 is 0 Å². The maximum absolute atomic E-state index is 5.34. The van der Waals surface area contributed by atoms with Crippen molar-refractivity contribution in [1.82, 2.24) is 0 Å². The van der Waals surface area contributed by atoms with Gasteiger partial charge >= 0.3 is 289 Å². The van der Waals surface area contributed by atoms with Gasteiger partial charge in [-0.3, -0.25) is 0 Å². The molecule has 0 aliphatic rings. The van der Waals surface area contributed by atoms with Crippen LogP contribution in [0.15, 0.2) is 71.2 Å². The average Bonchev–Trinajstić information content (AvgIpc) is 3.06. The molecule has 46 heavy (non-hydrogen) atoms. The van der Waals surface area contributed by atoms with Gasteiger partial charge in [0.1, 0.15) is 0 Å². The second-order valence-corrected chi connectivity index (χ2v) is 17.4. The molecular weight excluding hydrogens is 669 g/mol. The number of aliphatic imine (C=N–C) groups is 1. The van der Waals surface area contributed by atoms with Crippen LogP contribution < -0.4 is 0 Å². The van der Waals surface area contributed by atoms with E-state index in [1.54, 1.807) is 16.7 Å². The SMILES string of the molecule is CCCCCCc1cc(N=C(C)C(CC)=[C](c2cc(CC)c(CCCC)c(CCCCCC)c2)[Ni]([CH3])[Br])ccc1-c1ccccc1. The molecule has 0 atom stereocenters. The van der Waals surface area contributed by atoms with E-state index in [1.807, 2.05) is 0 Å². The molecule has 3 heteroatoms. The molecule has 0 aliphatic heterocycles. The molecule has 0 heterocycles. The zero-order valence-electron chi connectivity index (χ0n) is 30.0. The van der Waals surface area contributed by atoms with Crippen LogP contribution in [0.1, 0.15) is 140 Å². The van der Waals surface area contributed by atoms with Crippen LogP contribution in [0.3, 0.4) is 0 Å². The molecule has 0 saturated carbocycles. The first-order valence-electron chi connectivity index (χ1n) is 18.1. The van der Waals surface area contributed by atoms with Gasteiger partial charge in [-0.2, -0.15) is 0 Å². The van der Waals surface area contributed by atoms with E-state index in [4.69, 9.17) is 4.99 Å². The maximum atomic E-state index is 5.34. The van der Waals surface area contributed by atoms with Crippen molar-refractivity contribution in [3.63, 3.8) is 0 Å². The molecule has 3 rings (SSSR count). The second kappa shape index (κ2) is 21.1. The number of hydrogen-bond donors (Lipinski definition) is 0. The van der Waals surface area contributed by atoms with Gasteiger partial charge in [0.2, 0.25) is 0 Å². The Labute approximate surface area is 294 Å². The summed E-state index contributed by atoms with van der Waals surface area (Å²) in [6, 6.07) is 22.8. The molecule has 0 amide bonds. The van der Waals surface area contributed by atoms with Crippen molar-refractivity contribution < 1.29 is 11.6 Å². The normalized spacial score (nSPS) is 12.8. The van der Waals surface area contributed by atoms with Crippen LogP contribution in [0.2, 0.25) is 5.89 Å². The molecule has 0 bridgehead atoms. The summed E-state index contributed by atoms with van der Waals surface area (Å²) in [4.78, 5) is 5.34. The van der Waals surface area contributed by atoms with Crippen molar-refractivity contribution in [2.24, 2.45) is 4.99 Å². The van der Waals surface area contributed by atoms with E-state index in [9.17, 15) is 0 Å². The minimum atomic E-state index is -0.239. The molecule has 0 spiro atoms. The predicted molar refractivity (Wildman–Crippen MR) is 207 cm³/mol. The van der Waals surface area contributed by atoms with Gasteiger partial charge in [0.05, 0.1) is 0 Å². The Morgan fingerprint density at radius 1 is 0.674 bits per heavy atom. The molecule has 0 unspecified atom stereocenters. The van der Waals surface area contributed by atoms with Crippen LogP contribution in [0.5, 0.6) is 0 Å². The number of aryl methyl sites for hydroxylation is 3. The summed E-state index contributed by atoms with van der Waals surface area (Å²) in [5.74, 6) is 2.33. The van der Waals surface area contributed by atoms with E-state index >= 15 is 0 Å². The predicted octanol–water partition coefficient (Wildman–Crippen LogP) is 14.4. The number of benzene rings is 3. The van der Waals surface area contributed by atoms with Gasteiger partial charge in [-0.25, -0.2) is 0 Å². The van der Waals surface area contributed by atoms with Crippen molar-refractivity contribution in [2.45, 2.75) is 144 Å². The molecule has 0 radical (unpaired) electrons. The zero-order valence-corrected chi connectivity index (χ0v) is 32.6. The van der Waals surface area contributed by atoms with E-state index in [-0.39, 0.29) is 11.6 Å². The van der Waals surface area contributed by atoms with E-state index in [0.717, 1.165) is 30.7 Å². The minimum absolute atomic E-state index is 0.239. The van der Waals surface area contributed by atoms with Gasteiger partial charge in [0, 0.05) is 0 Å². The molecular formula is C43H61BrNNi. The van der Waals surface area contributed by atoms with Crippen molar-refractivity contribution in [3.8, 4) is 11.1 Å². The van der Waals surface area contributed by atoms with Crippen LogP contribution in [-0.2, 0) is 37.3 Å². The first-order valence-corrected chi connectivity index (χ1v) is 22.1. The van der Waals surface area contributed by atoms with E-state index < -0.39 is 0 Å². The standard InChI is InChI=1S/C42H58N.CH3.BrH.Ni/c1-7-12-15-18-24-38-31-34(30-36(11-5)41(38)26-14-9-3)29-35(10-4)33(6)43-40-27-28-42(37-22-20-17-21-23-37)39(32-40)25-19-16-13-8-2;;;/h17,20-23,27-28,30-32H,7-16,18-19,24-26H2,1-6H3;1H3;1H;/q;;;+1/p-1. The number of halogens is 1. The molecule has 0 aromatic heterocycles. The summed E-state index contributed by atoms with van der Waals surface area (Å²) in [5, 5.41) is 0. The van der Waals surface area contributed by atoms with Gasteiger partial charge in [-0.05, 0) is 0 Å². The van der Waals surface area contributed by atoms with Crippen LogP contribution in [0.4, 0.5) is 5.69 Å². The fourth-order valence-corrected chi connectivity index (χ4v) is 9.13. The van der Waals surface area contributed by atoms with Crippen LogP contribution in [0.25, 0.3) is 15.7 Å². The number of hydrogen-bond acceptors (Lipinski definition) is 1. The molecule has 255 valence electrons. The van der Waals surface area contributed by atoms with E-state index in [0.29, 0.717) is 0 Å². The Morgan fingerprint density at radius 2 is 1.30 bits per heavy atom. The summed E-state index contributed by atoms with van der Waals surface area (Å²) < 4.78 is 1.44. The third kappa shape index (κ3) is 11.3. The zero-order chi connectivity index (χ0) is 33.3. The quantitative estimate of drug-likeness (QED) is 0.0624. The topological polar surface area (TPSA) is 12.4 Å². The van der Waals surface area contributed by atoms with Crippen LogP contribution in [-0.4, -0.2) is 5.71 Å². The number of nitrogens with zero attached hydrogens (tertiary/aromatic N) is 1. The third-order valence-electron chi connectivity index (χ3n) is 9.16. The summed E-state index contributed by atoms with van der Waals surface area (Å²) in [7, 11) is 0. The molecule has 3 aromatic rings. The summed E-state index contributed by atoms with van der Waals surface area (Å²) in [5.41, 5.74) is 13.8. The second-order valence-electron chi connectivity index (χ2n) is 12.7. The Morgan fingerprint density at radius 3 is 1.89 bits per heavy atom. The summed E-state index contributed by atoms with van der Waals surface area (Å²) >= 11 is 3.86. The van der Waals surface area contributed by atoms with Gasteiger partial charge in [0.15, 0.2) is 0 Å². The Hall–Kier alpha value is -1.96. The van der Waals surface area contributed by atoms with Gasteiger partial charge in [-0.15, -0.1) is 0 Å². The summed E-state index contributed by atoms with van der Waals surface area (Å²) in [6.45, 7) is 13.8. The number of unbranched alkanes of at least 4 members (excludes halogenated alkanes) is 7. The first kappa shape index (κ1) is 38.5. The molecule has 1 nitrogen and oxygen atoms in total.